The lowest BCUT2D eigenvalue weighted by atomic mass is 9.97. The normalized spacial score (nSPS) is 11.6. The van der Waals surface area contributed by atoms with Crippen molar-refractivity contribution in [3.8, 4) is 0 Å². The molecular weight excluding hydrogens is 344 g/mol. The highest BCUT2D eigenvalue weighted by atomic mass is 79.9. The molecule has 0 bridgehead atoms. The number of aromatic nitrogens is 3. The summed E-state index contributed by atoms with van der Waals surface area (Å²) < 4.78 is 6.14. The maximum Gasteiger partial charge on any atom is 0.232 e. The van der Waals surface area contributed by atoms with Gasteiger partial charge in [-0.25, -0.2) is 4.98 Å². The van der Waals surface area contributed by atoms with Crippen molar-refractivity contribution >= 4 is 21.6 Å². The molecule has 0 atom stereocenters. The molecule has 0 spiro atoms. The van der Waals surface area contributed by atoms with Crippen LogP contribution < -0.4 is 5.32 Å². The highest BCUT2D eigenvalue weighted by Gasteiger charge is 2.21. The van der Waals surface area contributed by atoms with E-state index >= 15 is 0 Å². The fourth-order valence-electron chi connectivity index (χ4n) is 1.99. The zero-order valence-corrected chi connectivity index (χ0v) is 15.0. The van der Waals surface area contributed by atoms with E-state index in [9.17, 15) is 0 Å². The first-order valence-corrected chi connectivity index (χ1v) is 8.43. The van der Waals surface area contributed by atoms with Crippen molar-refractivity contribution in [2.45, 2.75) is 51.9 Å². The third-order valence-electron chi connectivity index (χ3n) is 3.24. The average Bonchev–Trinajstić information content (AvgIpc) is 2.91. The summed E-state index contributed by atoms with van der Waals surface area (Å²) in [7, 11) is 0. The van der Waals surface area contributed by atoms with Gasteiger partial charge in [-0.1, -0.05) is 32.3 Å². The van der Waals surface area contributed by atoms with Gasteiger partial charge in [0.25, 0.3) is 0 Å². The molecule has 0 saturated heterocycles. The summed E-state index contributed by atoms with van der Waals surface area (Å²) in [6, 6.07) is 3.95. The fraction of sp³-hybridized carbons (Fsp3) is 0.562. The van der Waals surface area contributed by atoms with Gasteiger partial charge < -0.3 is 9.84 Å². The molecule has 2 rings (SSSR count). The van der Waals surface area contributed by atoms with E-state index in [0.29, 0.717) is 5.89 Å². The number of aryl methyl sites for hydroxylation is 1. The Labute approximate surface area is 140 Å². The van der Waals surface area contributed by atoms with Crippen LogP contribution in [0.3, 0.4) is 0 Å². The maximum absolute atomic E-state index is 5.29. The van der Waals surface area contributed by atoms with Gasteiger partial charge in [0.2, 0.25) is 5.89 Å². The number of hydrogen-bond acceptors (Lipinski definition) is 5. The number of hydrogen-bond donors (Lipinski definition) is 1. The van der Waals surface area contributed by atoms with Crippen LogP contribution in [-0.4, -0.2) is 21.7 Å². The van der Waals surface area contributed by atoms with Crippen LogP contribution in [0.25, 0.3) is 0 Å². The second-order valence-corrected chi connectivity index (χ2v) is 7.18. The average molecular weight is 367 g/mol. The Hall–Kier alpha value is -1.43. The van der Waals surface area contributed by atoms with Crippen molar-refractivity contribution in [3.05, 3.63) is 34.6 Å². The number of pyridine rings is 1. The predicted octanol–water partition coefficient (Wildman–Crippen LogP) is 4.35. The van der Waals surface area contributed by atoms with Crippen molar-refractivity contribution in [1.29, 1.82) is 0 Å². The summed E-state index contributed by atoms with van der Waals surface area (Å²) in [6.45, 7) is 7.18. The number of anilines is 1. The van der Waals surface area contributed by atoms with Crippen molar-refractivity contribution in [3.63, 3.8) is 0 Å². The van der Waals surface area contributed by atoms with Crippen molar-refractivity contribution in [1.82, 2.24) is 15.1 Å². The highest BCUT2D eigenvalue weighted by molar-refractivity contribution is 9.10. The molecule has 0 amide bonds. The largest absolute Gasteiger partial charge is 0.385 e. The van der Waals surface area contributed by atoms with E-state index < -0.39 is 0 Å². The van der Waals surface area contributed by atoms with Crippen molar-refractivity contribution in [2.75, 3.05) is 11.9 Å². The lowest BCUT2D eigenvalue weighted by Crippen LogP contribution is -2.11. The van der Waals surface area contributed by atoms with Crippen molar-refractivity contribution < 1.29 is 4.52 Å². The van der Waals surface area contributed by atoms with E-state index in [1.165, 1.54) is 0 Å². The Balaban J connectivity index is 1.62. The SMILES string of the molecule is CC(C)(C)c1nc(CCCCCNc2ccnc(Br)c2)no1. The lowest BCUT2D eigenvalue weighted by molar-refractivity contribution is 0.318. The topological polar surface area (TPSA) is 63.8 Å². The van der Waals surface area contributed by atoms with Crippen LogP contribution >= 0.6 is 15.9 Å². The first-order valence-electron chi connectivity index (χ1n) is 7.63. The number of nitrogens with zero attached hydrogens (tertiary/aromatic N) is 3. The zero-order chi connectivity index (χ0) is 16.0. The zero-order valence-electron chi connectivity index (χ0n) is 13.4. The molecule has 0 radical (unpaired) electrons. The van der Waals surface area contributed by atoms with E-state index in [-0.39, 0.29) is 5.41 Å². The highest BCUT2D eigenvalue weighted by Crippen LogP contribution is 2.20. The van der Waals surface area contributed by atoms with Gasteiger partial charge in [0.05, 0.1) is 0 Å². The minimum Gasteiger partial charge on any atom is -0.385 e. The third-order valence-corrected chi connectivity index (χ3v) is 3.68. The number of unbranched alkanes of at least 4 members (excludes halogenated alkanes) is 2. The van der Waals surface area contributed by atoms with E-state index in [1.54, 1.807) is 6.20 Å². The Morgan fingerprint density at radius 3 is 2.73 bits per heavy atom. The monoisotopic (exact) mass is 366 g/mol. The van der Waals surface area contributed by atoms with Crippen LogP contribution in [-0.2, 0) is 11.8 Å². The summed E-state index contributed by atoms with van der Waals surface area (Å²) in [5.41, 5.74) is 1.02. The molecule has 2 aromatic heterocycles. The van der Waals surface area contributed by atoms with Gasteiger partial charge in [-0.3, -0.25) is 0 Å². The third kappa shape index (κ3) is 5.40. The number of rotatable bonds is 7. The van der Waals surface area contributed by atoms with Crippen LogP contribution in [0.4, 0.5) is 5.69 Å². The van der Waals surface area contributed by atoms with Crippen LogP contribution in [0.15, 0.2) is 27.5 Å². The Kier molecular flexibility index (Phi) is 5.94. The fourth-order valence-corrected chi connectivity index (χ4v) is 2.36. The molecule has 2 heterocycles. The first-order chi connectivity index (χ1) is 10.4. The standard InChI is InChI=1S/C16H23BrN4O/c1-16(2,3)15-20-14(21-22-15)7-5-4-6-9-18-12-8-10-19-13(17)11-12/h8,10-11H,4-7,9H2,1-3H3,(H,18,19). The summed E-state index contributed by atoms with van der Waals surface area (Å²) in [4.78, 5) is 8.56. The molecule has 0 aliphatic rings. The molecule has 6 heteroatoms. The number of halogens is 1. The Morgan fingerprint density at radius 2 is 2.05 bits per heavy atom. The molecule has 0 unspecified atom stereocenters. The van der Waals surface area contributed by atoms with Gasteiger partial charge in [0.1, 0.15) is 4.60 Å². The van der Waals surface area contributed by atoms with Crippen LogP contribution in [0, 0.1) is 0 Å². The van der Waals surface area contributed by atoms with Crippen LogP contribution in [0.5, 0.6) is 0 Å². The summed E-state index contributed by atoms with van der Waals surface area (Å²) in [5.74, 6) is 1.53. The minimum absolute atomic E-state index is 0.0754. The molecular formula is C16H23BrN4O. The van der Waals surface area contributed by atoms with Gasteiger partial charge in [0.15, 0.2) is 5.82 Å². The van der Waals surface area contributed by atoms with E-state index in [1.807, 2.05) is 12.1 Å². The predicted molar refractivity (Wildman–Crippen MR) is 91.0 cm³/mol. The molecule has 0 aliphatic heterocycles. The van der Waals surface area contributed by atoms with E-state index in [0.717, 1.165) is 48.3 Å². The maximum atomic E-state index is 5.29. The molecule has 22 heavy (non-hydrogen) atoms. The van der Waals surface area contributed by atoms with Crippen LogP contribution in [0.2, 0.25) is 0 Å². The van der Waals surface area contributed by atoms with Gasteiger partial charge in [-0.2, -0.15) is 4.98 Å². The molecule has 1 N–H and O–H groups in total. The van der Waals surface area contributed by atoms with Gasteiger partial charge in [-0.05, 0) is 40.9 Å². The first kappa shape index (κ1) is 16.9. The van der Waals surface area contributed by atoms with Gasteiger partial charge >= 0.3 is 0 Å². The molecule has 0 aromatic carbocycles. The molecule has 2 aromatic rings. The number of nitrogens with one attached hydrogen (secondary N) is 1. The summed E-state index contributed by atoms with van der Waals surface area (Å²) in [6.07, 6.45) is 5.99. The van der Waals surface area contributed by atoms with Crippen LogP contribution in [0.1, 0.15) is 51.7 Å². The molecule has 0 fully saturated rings. The van der Waals surface area contributed by atoms with Crippen molar-refractivity contribution in [2.24, 2.45) is 0 Å². The quantitative estimate of drug-likeness (QED) is 0.582. The molecule has 0 saturated carbocycles. The summed E-state index contributed by atoms with van der Waals surface area (Å²) in [5, 5.41) is 7.43. The van der Waals surface area contributed by atoms with Gasteiger partial charge in [-0.15, -0.1) is 0 Å². The van der Waals surface area contributed by atoms with E-state index in [4.69, 9.17) is 4.52 Å². The second kappa shape index (κ2) is 7.72. The second-order valence-electron chi connectivity index (χ2n) is 6.37. The molecule has 5 nitrogen and oxygen atoms in total. The molecule has 0 aliphatic carbocycles. The van der Waals surface area contributed by atoms with Gasteiger partial charge in [0, 0.05) is 30.3 Å². The summed E-state index contributed by atoms with van der Waals surface area (Å²) >= 11 is 3.36. The minimum atomic E-state index is -0.0754. The Bertz CT molecular complexity index is 592. The molecule has 120 valence electrons. The smallest absolute Gasteiger partial charge is 0.232 e. The lowest BCUT2D eigenvalue weighted by Gasteiger charge is -2.10. The van der Waals surface area contributed by atoms with E-state index in [2.05, 4.69) is 57.1 Å². The Morgan fingerprint density at radius 1 is 1.23 bits per heavy atom.